The zero-order chi connectivity index (χ0) is 22.6. The Labute approximate surface area is 185 Å². The first kappa shape index (κ1) is 22.3. The maximum atomic E-state index is 12.6. The molecule has 0 unspecified atom stereocenters. The summed E-state index contributed by atoms with van der Waals surface area (Å²) in [5.41, 5.74) is 1.93. The van der Waals surface area contributed by atoms with Gasteiger partial charge in [-0.3, -0.25) is 9.59 Å². The van der Waals surface area contributed by atoms with E-state index in [4.69, 9.17) is 9.47 Å². The molecule has 0 aliphatic carbocycles. The Morgan fingerprint density at radius 1 is 0.935 bits per heavy atom. The van der Waals surface area contributed by atoms with Gasteiger partial charge in [0, 0.05) is 27.7 Å². The average molecular weight is 440 g/mol. The molecule has 0 aliphatic heterocycles. The molecule has 1 heterocycles. The molecule has 0 bridgehead atoms. The summed E-state index contributed by atoms with van der Waals surface area (Å²) in [5.74, 6) is 0.733. The van der Waals surface area contributed by atoms with E-state index in [0.717, 1.165) is 5.56 Å². The minimum atomic E-state index is -0.324. The number of aromatic nitrogens is 1. The number of hydrogen-bond acceptors (Lipinski definition) is 6. The second-order valence-electron chi connectivity index (χ2n) is 7.84. The number of carbonyl (C=O) groups excluding carboxylic acids is 2. The van der Waals surface area contributed by atoms with Crippen molar-refractivity contribution in [2.45, 2.75) is 26.3 Å². The Balaban J connectivity index is 1.70. The van der Waals surface area contributed by atoms with E-state index < -0.39 is 0 Å². The lowest BCUT2D eigenvalue weighted by Gasteiger charge is -2.20. The first-order valence-electron chi connectivity index (χ1n) is 9.62. The molecule has 0 spiro atoms. The maximum Gasteiger partial charge on any atom is 0.275 e. The fourth-order valence-electron chi connectivity index (χ4n) is 2.79. The molecule has 2 amide bonds. The van der Waals surface area contributed by atoms with Crippen LogP contribution in [0.2, 0.25) is 0 Å². The molecule has 0 saturated carbocycles. The van der Waals surface area contributed by atoms with Crippen molar-refractivity contribution in [3.05, 3.63) is 59.1 Å². The number of benzene rings is 2. The highest BCUT2D eigenvalue weighted by molar-refractivity contribution is 7.13. The highest BCUT2D eigenvalue weighted by Crippen LogP contribution is 2.33. The third-order valence-electron chi connectivity index (χ3n) is 4.26. The molecule has 0 aliphatic rings. The highest BCUT2D eigenvalue weighted by atomic mass is 32.1. The molecule has 3 aromatic rings. The van der Waals surface area contributed by atoms with E-state index in [1.165, 1.54) is 11.3 Å². The zero-order valence-corrected chi connectivity index (χ0v) is 18.9. The van der Waals surface area contributed by atoms with E-state index in [1.807, 2.05) is 32.9 Å². The molecule has 0 saturated heterocycles. The Morgan fingerprint density at radius 3 is 2.23 bits per heavy atom. The molecule has 8 heteroatoms. The largest absolute Gasteiger partial charge is 0.493 e. The number of nitrogens with zero attached hydrogens (tertiary/aromatic N) is 1. The fraction of sp³-hybridized carbons (Fsp3) is 0.261. The quantitative estimate of drug-likeness (QED) is 0.586. The number of thiazole rings is 1. The van der Waals surface area contributed by atoms with Crippen LogP contribution >= 0.6 is 11.3 Å². The molecule has 31 heavy (non-hydrogen) atoms. The van der Waals surface area contributed by atoms with Crippen molar-refractivity contribution in [1.82, 2.24) is 10.3 Å². The number of rotatable bonds is 6. The van der Waals surface area contributed by atoms with Crippen molar-refractivity contribution in [2.24, 2.45) is 0 Å². The van der Waals surface area contributed by atoms with Crippen LogP contribution < -0.4 is 20.1 Å². The van der Waals surface area contributed by atoms with Crippen LogP contribution in [-0.2, 0) is 0 Å². The molecular formula is C23H25N3O4S. The number of nitrogens with one attached hydrogen (secondary N) is 2. The third-order valence-corrected chi connectivity index (χ3v) is 5.15. The van der Waals surface area contributed by atoms with Crippen LogP contribution in [0.15, 0.2) is 47.8 Å². The molecule has 3 rings (SSSR count). The zero-order valence-electron chi connectivity index (χ0n) is 18.1. The van der Waals surface area contributed by atoms with Crippen molar-refractivity contribution in [3.8, 4) is 22.1 Å². The van der Waals surface area contributed by atoms with E-state index in [1.54, 1.807) is 49.9 Å². The summed E-state index contributed by atoms with van der Waals surface area (Å²) >= 11 is 1.36. The fourth-order valence-corrected chi connectivity index (χ4v) is 3.59. The van der Waals surface area contributed by atoms with Gasteiger partial charge in [0.25, 0.3) is 11.8 Å². The molecule has 0 atom stereocenters. The smallest absolute Gasteiger partial charge is 0.275 e. The van der Waals surface area contributed by atoms with Crippen LogP contribution in [0.5, 0.6) is 11.5 Å². The number of methoxy groups -OCH3 is 2. The topological polar surface area (TPSA) is 89.5 Å². The van der Waals surface area contributed by atoms with Gasteiger partial charge in [-0.2, -0.15) is 0 Å². The summed E-state index contributed by atoms with van der Waals surface area (Å²) in [6.45, 7) is 5.76. The highest BCUT2D eigenvalue weighted by Gasteiger charge is 2.16. The van der Waals surface area contributed by atoms with E-state index in [0.29, 0.717) is 33.5 Å². The Bertz CT molecular complexity index is 1080. The standard InChI is InChI=1S/C23H25N3O4S/c1-23(2,3)26-20(27)14-6-9-16(10-7-14)24-21(28)17-13-31-22(25-17)15-8-11-18(29-4)19(12-15)30-5/h6-13H,1-5H3,(H,24,28)(H,26,27). The predicted molar refractivity (Wildman–Crippen MR) is 122 cm³/mol. The Kier molecular flexibility index (Phi) is 6.60. The number of amides is 2. The normalized spacial score (nSPS) is 11.0. The number of hydrogen-bond donors (Lipinski definition) is 2. The Hall–Kier alpha value is -3.39. The van der Waals surface area contributed by atoms with Crippen molar-refractivity contribution < 1.29 is 19.1 Å². The van der Waals surface area contributed by atoms with Gasteiger partial charge in [0.1, 0.15) is 10.7 Å². The lowest BCUT2D eigenvalue weighted by atomic mass is 10.1. The van der Waals surface area contributed by atoms with Crippen LogP contribution in [-0.4, -0.2) is 36.6 Å². The summed E-state index contributed by atoms with van der Waals surface area (Å²) in [7, 11) is 3.15. The summed E-state index contributed by atoms with van der Waals surface area (Å²) in [6.07, 6.45) is 0. The average Bonchev–Trinajstić information content (AvgIpc) is 3.23. The van der Waals surface area contributed by atoms with E-state index in [-0.39, 0.29) is 17.4 Å². The molecule has 162 valence electrons. The number of ether oxygens (including phenoxy) is 2. The SMILES string of the molecule is COc1ccc(-c2nc(C(=O)Nc3ccc(C(=O)NC(C)(C)C)cc3)cs2)cc1OC. The first-order chi connectivity index (χ1) is 14.7. The summed E-state index contributed by atoms with van der Waals surface area (Å²) in [5, 5.41) is 8.11. The molecule has 2 N–H and O–H groups in total. The van der Waals surface area contributed by atoms with Crippen LogP contribution in [0.1, 0.15) is 41.6 Å². The number of anilines is 1. The maximum absolute atomic E-state index is 12.6. The van der Waals surface area contributed by atoms with E-state index in [2.05, 4.69) is 15.6 Å². The molecule has 7 nitrogen and oxygen atoms in total. The van der Waals surface area contributed by atoms with Crippen molar-refractivity contribution in [2.75, 3.05) is 19.5 Å². The predicted octanol–water partition coefficient (Wildman–Crippen LogP) is 4.61. The molecule has 0 fully saturated rings. The summed E-state index contributed by atoms with van der Waals surface area (Å²) in [4.78, 5) is 29.3. The summed E-state index contributed by atoms with van der Waals surface area (Å²) < 4.78 is 10.6. The molecule has 0 radical (unpaired) electrons. The van der Waals surface area contributed by atoms with Gasteiger partial charge in [-0.25, -0.2) is 4.98 Å². The van der Waals surface area contributed by atoms with Crippen LogP contribution in [0, 0.1) is 0 Å². The van der Waals surface area contributed by atoms with Gasteiger partial charge >= 0.3 is 0 Å². The second-order valence-corrected chi connectivity index (χ2v) is 8.70. The van der Waals surface area contributed by atoms with E-state index in [9.17, 15) is 9.59 Å². The monoisotopic (exact) mass is 439 g/mol. The van der Waals surface area contributed by atoms with Crippen molar-refractivity contribution in [3.63, 3.8) is 0 Å². The van der Waals surface area contributed by atoms with Crippen LogP contribution in [0.25, 0.3) is 10.6 Å². The molecule has 2 aromatic carbocycles. The minimum Gasteiger partial charge on any atom is -0.493 e. The van der Waals surface area contributed by atoms with Crippen molar-refractivity contribution >= 4 is 28.8 Å². The van der Waals surface area contributed by atoms with Crippen LogP contribution in [0.4, 0.5) is 5.69 Å². The van der Waals surface area contributed by atoms with E-state index >= 15 is 0 Å². The van der Waals surface area contributed by atoms with Gasteiger partial charge in [-0.05, 0) is 63.2 Å². The lowest BCUT2D eigenvalue weighted by molar-refractivity contribution is 0.0919. The second kappa shape index (κ2) is 9.18. The third kappa shape index (κ3) is 5.61. The van der Waals surface area contributed by atoms with Crippen molar-refractivity contribution in [1.29, 1.82) is 0 Å². The van der Waals surface area contributed by atoms with Gasteiger partial charge < -0.3 is 20.1 Å². The Morgan fingerprint density at radius 2 is 1.61 bits per heavy atom. The van der Waals surface area contributed by atoms with Gasteiger partial charge in [0.2, 0.25) is 0 Å². The van der Waals surface area contributed by atoms with Gasteiger partial charge in [-0.1, -0.05) is 0 Å². The van der Waals surface area contributed by atoms with Gasteiger partial charge in [0.05, 0.1) is 14.2 Å². The van der Waals surface area contributed by atoms with Gasteiger partial charge in [0.15, 0.2) is 11.5 Å². The summed E-state index contributed by atoms with van der Waals surface area (Å²) in [6, 6.07) is 12.2. The lowest BCUT2D eigenvalue weighted by Crippen LogP contribution is -2.40. The number of carbonyl (C=O) groups is 2. The van der Waals surface area contributed by atoms with Gasteiger partial charge in [-0.15, -0.1) is 11.3 Å². The first-order valence-corrected chi connectivity index (χ1v) is 10.5. The molecular weight excluding hydrogens is 414 g/mol. The van der Waals surface area contributed by atoms with Crippen LogP contribution in [0.3, 0.4) is 0 Å². The minimum absolute atomic E-state index is 0.163. The molecule has 1 aromatic heterocycles.